The molecule has 36 heavy (non-hydrogen) atoms. The summed E-state index contributed by atoms with van der Waals surface area (Å²) in [5.41, 5.74) is 3.41. The number of hydrogen-bond acceptors (Lipinski definition) is 4. The van der Waals surface area contributed by atoms with Crippen LogP contribution in [0.1, 0.15) is 101 Å². The molecule has 1 aromatic rings. The summed E-state index contributed by atoms with van der Waals surface area (Å²) < 4.78 is 7.68. The van der Waals surface area contributed by atoms with Crippen LogP contribution < -0.4 is 0 Å². The van der Waals surface area contributed by atoms with Crippen molar-refractivity contribution in [3.63, 3.8) is 0 Å². The molecule has 0 spiro atoms. The third-order valence-electron chi connectivity index (χ3n) is 11.9. The number of ether oxygens (including phenoxy) is 1. The van der Waals surface area contributed by atoms with Crippen LogP contribution in [0.5, 0.6) is 0 Å². The van der Waals surface area contributed by atoms with Crippen molar-refractivity contribution in [3.8, 4) is 0 Å². The minimum atomic E-state index is -0.608. The van der Waals surface area contributed by atoms with Crippen molar-refractivity contribution in [2.24, 2.45) is 48.0 Å². The van der Waals surface area contributed by atoms with Crippen LogP contribution in [0, 0.1) is 40.9 Å². The Morgan fingerprint density at radius 2 is 1.86 bits per heavy atom. The molecule has 5 aliphatic carbocycles. The molecule has 5 nitrogen and oxygen atoms in total. The average molecular weight is 497 g/mol. The number of aryl methyl sites for hydroxylation is 2. The number of carbonyl (C=O) groups is 1. The molecule has 0 unspecified atom stereocenters. The van der Waals surface area contributed by atoms with Crippen LogP contribution in [0.3, 0.4) is 0 Å². The van der Waals surface area contributed by atoms with Gasteiger partial charge in [0.2, 0.25) is 0 Å². The molecule has 0 bridgehead atoms. The summed E-state index contributed by atoms with van der Waals surface area (Å²) in [4.78, 5) is 13.9. The second kappa shape index (κ2) is 9.52. The maximum atomic E-state index is 13.9. The molecule has 0 amide bonds. The molecule has 200 valence electrons. The molecule has 1 aromatic heterocycles. The van der Waals surface area contributed by atoms with E-state index in [1.807, 2.05) is 18.7 Å². The molecule has 0 aromatic carbocycles. The Kier molecular flexibility index (Phi) is 6.64. The molecule has 0 saturated heterocycles. The van der Waals surface area contributed by atoms with Crippen molar-refractivity contribution in [1.82, 2.24) is 9.78 Å². The lowest BCUT2D eigenvalue weighted by Crippen LogP contribution is -2.52. The van der Waals surface area contributed by atoms with Gasteiger partial charge >= 0.3 is 0 Å². The van der Waals surface area contributed by atoms with Gasteiger partial charge in [0, 0.05) is 31.7 Å². The number of aliphatic hydroxyl groups is 1. The number of hydrogen-bond donors (Lipinski definition) is 1. The van der Waals surface area contributed by atoms with Crippen LogP contribution in [-0.4, -0.2) is 39.5 Å². The summed E-state index contributed by atoms with van der Waals surface area (Å²) in [6, 6.07) is 0. The summed E-state index contributed by atoms with van der Waals surface area (Å²) in [6.45, 7) is 5.69. The highest BCUT2D eigenvalue weighted by atomic mass is 16.5. The van der Waals surface area contributed by atoms with Gasteiger partial charge in [-0.05, 0) is 131 Å². The molecule has 5 heteroatoms. The number of fused-ring (bicyclic) bond motifs is 6. The number of ketones is 1. The fraction of sp³-hybridized carbons (Fsp3) is 0.871. The van der Waals surface area contributed by atoms with Crippen molar-refractivity contribution >= 4 is 5.78 Å². The molecular weight excluding hydrogens is 448 g/mol. The standard InChI is InChI=1S/C31H48N2O3/c1-4-36-19-31(35)16-14-21-20(18-31)9-10-23-22(21)13-15-30(2)25(23)11-12-26(30)29(34)17-28-24-7-5-6-8-27(24)32-33(28)3/h20-23,25-26,35H,4-19H2,1-3H3/t20-,21+,22-,23-,25+,26-,30+,31-/m1/s1. The second-order valence-corrected chi connectivity index (χ2v) is 13.6. The lowest BCUT2D eigenvalue weighted by molar-refractivity contribution is -0.137. The topological polar surface area (TPSA) is 64.3 Å². The highest BCUT2D eigenvalue weighted by Crippen LogP contribution is 2.64. The third kappa shape index (κ3) is 4.11. The third-order valence-corrected chi connectivity index (χ3v) is 11.9. The van der Waals surface area contributed by atoms with Gasteiger partial charge in [0.05, 0.1) is 17.9 Å². The van der Waals surface area contributed by atoms with E-state index in [9.17, 15) is 9.90 Å². The van der Waals surface area contributed by atoms with Crippen molar-refractivity contribution in [2.75, 3.05) is 13.2 Å². The second-order valence-electron chi connectivity index (χ2n) is 13.6. The van der Waals surface area contributed by atoms with E-state index in [-0.39, 0.29) is 11.3 Å². The van der Waals surface area contributed by atoms with E-state index in [1.165, 1.54) is 61.9 Å². The monoisotopic (exact) mass is 496 g/mol. The SMILES string of the molecule is CCOC[C@@]1(O)CC[C@H]2[C@H](CC[C@@H]3[C@@H]2CC[C@]2(C)[C@@H](C(=O)Cc4c5c(nn4C)CCCC5)CC[C@@H]32)C1. The fourth-order valence-corrected chi connectivity index (χ4v) is 10.2. The Labute approximate surface area is 217 Å². The molecule has 4 fully saturated rings. The van der Waals surface area contributed by atoms with Gasteiger partial charge in [0.25, 0.3) is 0 Å². The molecule has 6 rings (SSSR count). The Balaban J connectivity index is 1.15. The van der Waals surface area contributed by atoms with Gasteiger partial charge in [-0.3, -0.25) is 9.48 Å². The molecule has 1 N–H and O–H groups in total. The molecule has 5 aliphatic rings. The Hall–Kier alpha value is -1.20. The number of rotatable bonds is 6. The van der Waals surface area contributed by atoms with E-state index in [4.69, 9.17) is 9.84 Å². The first-order chi connectivity index (χ1) is 17.3. The average Bonchev–Trinajstić information content (AvgIpc) is 3.38. The van der Waals surface area contributed by atoms with E-state index < -0.39 is 5.60 Å². The number of nitrogens with zero attached hydrogens (tertiary/aromatic N) is 2. The van der Waals surface area contributed by atoms with Crippen LogP contribution in [0.4, 0.5) is 0 Å². The summed E-state index contributed by atoms with van der Waals surface area (Å²) in [7, 11) is 2.05. The zero-order valence-electron chi connectivity index (χ0n) is 22.9. The van der Waals surface area contributed by atoms with Gasteiger partial charge in [-0.2, -0.15) is 5.10 Å². The lowest BCUT2D eigenvalue weighted by Gasteiger charge is -2.57. The maximum absolute atomic E-state index is 13.9. The molecule has 0 radical (unpaired) electrons. The first-order valence-corrected chi connectivity index (χ1v) is 15.2. The smallest absolute Gasteiger partial charge is 0.142 e. The Morgan fingerprint density at radius 1 is 1.06 bits per heavy atom. The fourth-order valence-electron chi connectivity index (χ4n) is 10.2. The molecule has 8 atom stereocenters. The summed E-state index contributed by atoms with van der Waals surface area (Å²) in [5, 5.41) is 15.9. The Bertz CT molecular complexity index is 987. The maximum Gasteiger partial charge on any atom is 0.142 e. The summed E-state index contributed by atoms with van der Waals surface area (Å²) >= 11 is 0. The van der Waals surface area contributed by atoms with Gasteiger partial charge in [-0.15, -0.1) is 0 Å². The number of carbonyl (C=O) groups excluding carboxylic acids is 1. The lowest BCUT2D eigenvalue weighted by atomic mass is 9.49. The zero-order chi connectivity index (χ0) is 25.1. The molecule has 4 saturated carbocycles. The first kappa shape index (κ1) is 25.1. The minimum absolute atomic E-state index is 0.175. The van der Waals surface area contributed by atoms with Gasteiger partial charge in [0.1, 0.15) is 5.78 Å². The largest absolute Gasteiger partial charge is 0.387 e. The van der Waals surface area contributed by atoms with E-state index >= 15 is 0 Å². The van der Waals surface area contributed by atoms with Crippen LogP contribution in [-0.2, 0) is 35.8 Å². The minimum Gasteiger partial charge on any atom is -0.387 e. The van der Waals surface area contributed by atoms with Gasteiger partial charge in [-0.25, -0.2) is 0 Å². The first-order valence-electron chi connectivity index (χ1n) is 15.2. The normalized spacial score (nSPS) is 41.8. The molecule has 1 heterocycles. The van der Waals surface area contributed by atoms with E-state index in [0.717, 1.165) is 56.3 Å². The quantitative estimate of drug-likeness (QED) is 0.569. The van der Waals surface area contributed by atoms with E-state index in [0.29, 0.717) is 37.3 Å². The highest BCUT2D eigenvalue weighted by Gasteiger charge is 2.59. The van der Waals surface area contributed by atoms with Crippen LogP contribution in [0.25, 0.3) is 0 Å². The van der Waals surface area contributed by atoms with E-state index in [2.05, 4.69) is 6.92 Å². The predicted molar refractivity (Wildman–Crippen MR) is 141 cm³/mol. The highest BCUT2D eigenvalue weighted by molar-refractivity contribution is 5.84. The van der Waals surface area contributed by atoms with E-state index in [1.54, 1.807) is 0 Å². The molecule has 0 aliphatic heterocycles. The number of aromatic nitrogens is 2. The number of Topliss-reactive ketones (excluding diaryl/α,β-unsaturated/α-hetero) is 1. The van der Waals surface area contributed by atoms with Crippen molar-refractivity contribution in [2.45, 2.75) is 109 Å². The van der Waals surface area contributed by atoms with Crippen LogP contribution in [0.2, 0.25) is 0 Å². The van der Waals surface area contributed by atoms with Gasteiger partial charge in [-0.1, -0.05) is 6.92 Å². The van der Waals surface area contributed by atoms with Gasteiger partial charge in [0.15, 0.2) is 0 Å². The molecular formula is C31H48N2O3. The van der Waals surface area contributed by atoms with Crippen LogP contribution >= 0.6 is 0 Å². The van der Waals surface area contributed by atoms with Crippen molar-refractivity contribution < 1.29 is 14.6 Å². The summed E-state index contributed by atoms with van der Waals surface area (Å²) in [6.07, 6.45) is 15.6. The Morgan fingerprint density at radius 3 is 2.69 bits per heavy atom. The zero-order valence-corrected chi connectivity index (χ0v) is 22.9. The van der Waals surface area contributed by atoms with Crippen molar-refractivity contribution in [1.29, 1.82) is 0 Å². The van der Waals surface area contributed by atoms with Crippen LogP contribution in [0.15, 0.2) is 0 Å². The predicted octanol–water partition coefficient (Wildman–Crippen LogP) is 5.45. The van der Waals surface area contributed by atoms with Gasteiger partial charge < -0.3 is 9.84 Å². The summed E-state index contributed by atoms with van der Waals surface area (Å²) in [5.74, 6) is 4.42. The van der Waals surface area contributed by atoms with Crippen molar-refractivity contribution in [3.05, 3.63) is 17.0 Å².